The second-order valence-corrected chi connectivity index (χ2v) is 7.32. The van der Waals surface area contributed by atoms with Crippen molar-refractivity contribution in [2.45, 2.75) is 32.1 Å². The van der Waals surface area contributed by atoms with Gasteiger partial charge in [0.1, 0.15) is 0 Å². The zero-order valence-electron chi connectivity index (χ0n) is 12.7. The highest BCUT2D eigenvalue weighted by molar-refractivity contribution is 6.35. The van der Waals surface area contributed by atoms with Crippen molar-refractivity contribution < 1.29 is 14.3 Å². The van der Waals surface area contributed by atoms with Crippen molar-refractivity contribution in [2.24, 2.45) is 17.8 Å². The molecule has 0 saturated heterocycles. The molecular weight excluding hydrogens is 337 g/mol. The molecule has 4 nitrogen and oxygen atoms in total. The predicted molar refractivity (Wildman–Crippen MR) is 89.6 cm³/mol. The van der Waals surface area contributed by atoms with Crippen molar-refractivity contribution in [2.75, 3.05) is 11.9 Å². The van der Waals surface area contributed by atoms with Crippen LogP contribution >= 0.6 is 23.2 Å². The molecule has 23 heavy (non-hydrogen) atoms. The second-order valence-electron chi connectivity index (χ2n) is 6.47. The maximum absolute atomic E-state index is 11.9. The molecule has 124 valence electrons. The van der Waals surface area contributed by atoms with Gasteiger partial charge < -0.3 is 10.1 Å². The SMILES string of the molecule is O=C(COC(=O)CC1CC2CCC1C2)Nc1cc(Cl)ccc1Cl. The van der Waals surface area contributed by atoms with Crippen molar-refractivity contribution in [1.82, 2.24) is 0 Å². The van der Waals surface area contributed by atoms with E-state index in [-0.39, 0.29) is 12.6 Å². The Balaban J connectivity index is 1.43. The summed E-state index contributed by atoms with van der Waals surface area (Å²) in [4.78, 5) is 23.8. The van der Waals surface area contributed by atoms with Crippen LogP contribution in [-0.4, -0.2) is 18.5 Å². The van der Waals surface area contributed by atoms with Crippen molar-refractivity contribution >= 4 is 40.8 Å². The molecule has 3 rings (SSSR count). The van der Waals surface area contributed by atoms with Gasteiger partial charge in [0.25, 0.3) is 5.91 Å². The summed E-state index contributed by atoms with van der Waals surface area (Å²) in [7, 11) is 0. The lowest BCUT2D eigenvalue weighted by atomic mass is 9.86. The van der Waals surface area contributed by atoms with Crippen LogP contribution in [0, 0.1) is 17.8 Å². The molecular formula is C17H19Cl2NO3. The van der Waals surface area contributed by atoms with E-state index in [0.717, 1.165) is 12.3 Å². The number of esters is 1. The molecule has 0 aromatic heterocycles. The topological polar surface area (TPSA) is 55.4 Å². The van der Waals surface area contributed by atoms with Gasteiger partial charge in [0.15, 0.2) is 6.61 Å². The van der Waals surface area contributed by atoms with Crippen LogP contribution in [0.2, 0.25) is 10.0 Å². The van der Waals surface area contributed by atoms with Crippen LogP contribution in [0.1, 0.15) is 32.1 Å². The van der Waals surface area contributed by atoms with E-state index in [2.05, 4.69) is 5.32 Å². The Labute approximate surface area is 145 Å². The average Bonchev–Trinajstić information content (AvgIpc) is 3.11. The first-order chi connectivity index (χ1) is 11.0. The molecule has 1 N–H and O–H groups in total. The maximum atomic E-state index is 11.9. The van der Waals surface area contributed by atoms with Crippen LogP contribution in [0.15, 0.2) is 18.2 Å². The third-order valence-electron chi connectivity index (χ3n) is 4.88. The van der Waals surface area contributed by atoms with Crippen molar-refractivity contribution in [3.05, 3.63) is 28.2 Å². The number of halogens is 2. The number of anilines is 1. The molecule has 3 unspecified atom stereocenters. The molecule has 3 atom stereocenters. The molecule has 2 saturated carbocycles. The van der Waals surface area contributed by atoms with Gasteiger partial charge in [0, 0.05) is 11.4 Å². The Kier molecular flexibility index (Phi) is 5.12. The van der Waals surface area contributed by atoms with E-state index in [9.17, 15) is 9.59 Å². The summed E-state index contributed by atoms with van der Waals surface area (Å²) >= 11 is 11.8. The van der Waals surface area contributed by atoms with E-state index in [0.29, 0.717) is 34.0 Å². The fraction of sp³-hybridized carbons (Fsp3) is 0.529. The molecule has 0 aliphatic heterocycles. The minimum absolute atomic E-state index is 0.296. The molecule has 0 radical (unpaired) electrons. The molecule has 2 fully saturated rings. The number of carbonyl (C=O) groups is 2. The maximum Gasteiger partial charge on any atom is 0.306 e. The van der Waals surface area contributed by atoms with Crippen LogP contribution in [0.3, 0.4) is 0 Å². The van der Waals surface area contributed by atoms with Crippen LogP contribution in [0.4, 0.5) is 5.69 Å². The molecule has 2 aliphatic rings. The molecule has 2 aliphatic carbocycles. The quantitative estimate of drug-likeness (QED) is 0.801. The Morgan fingerprint density at radius 3 is 2.74 bits per heavy atom. The van der Waals surface area contributed by atoms with Gasteiger partial charge in [-0.3, -0.25) is 9.59 Å². The first-order valence-electron chi connectivity index (χ1n) is 7.92. The zero-order chi connectivity index (χ0) is 16.4. The van der Waals surface area contributed by atoms with Gasteiger partial charge in [-0.1, -0.05) is 29.6 Å². The summed E-state index contributed by atoms with van der Waals surface area (Å²) in [6, 6.07) is 4.79. The van der Waals surface area contributed by atoms with E-state index < -0.39 is 5.91 Å². The minimum Gasteiger partial charge on any atom is -0.456 e. The molecule has 1 aromatic carbocycles. The second kappa shape index (κ2) is 7.10. The third kappa shape index (κ3) is 4.18. The van der Waals surface area contributed by atoms with E-state index in [4.69, 9.17) is 27.9 Å². The number of rotatable bonds is 5. The summed E-state index contributed by atoms with van der Waals surface area (Å²) in [6.07, 6.45) is 5.34. The van der Waals surface area contributed by atoms with Crippen LogP contribution in [0.5, 0.6) is 0 Å². The van der Waals surface area contributed by atoms with Crippen LogP contribution in [0.25, 0.3) is 0 Å². The lowest BCUT2D eigenvalue weighted by Crippen LogP contribution is -2.23. The molecule has 1 aromatic rings. The Hall–Kier alpha value is -1.26. The van der Waals surface area contributed by atoms with Gasteiger partial charge >= 0.3 is 5.97 Å². The lowest BCUT2D eigenvalue weighted by Gasteiger charge is -2.20. The number of carbonyl (C=O) groups excluding carboxylic acids is 2. The third-order valence-corrected chi connectivity index (χ3v) is 5.44. The Morgan fingerprint density at radius 1 is 1.22 bits per heavy atom. The monoisotopic (exact) mass is 355 g/mol. The smallest absolute Gasteiger partial charge is 0.306 e. The number of fused-ring (bicyclic) bond motifs is 2. The van der Waals surface area contributed by atoms with Crippen molar-refractivity contribution in [1.29, 1.82) is 0 Å². The first-order valence-corrected chi connectivity index (χ1v) is 8.67. The standard InChI is InChI=1S/C17H19Cl2NO3/c18-13-3-4-14(19)15(8-13)20-16(21)9-23-17(22)7-12-6-10-1-2-11(12)5-10/h3-4,8,10-12H,1-2,5-7,9H2,(H,20,21). The predicted octanol–water partition coefficient (Wildman–Crippen LogP) is 4.30. The van der Waals surface area contributed by atoms with Crippen LogP contribution in [-0.2, 0) is 14.3 Å². The van der Waals surface area contributed by atoms with Gasteiger partial charge in [-0.25, -0.2) is 0 Å². The highest BCUT2D eigenvalue weighted by Crippen LogP contribution is 2.49. The largest absolute Gasteiger partial charge is 0.456 e. The zero-order valence-corrected chi connectivity index (χ0v) is 14.2. The normalized spacial score (nSPS) is 25.4. The van der Waals surface area contributed by atoms with E-state index >= 15 is 0 Å². The summed E-state index contributed by atoms with van der Waals surface area (Å²) in [5, 5.41) is 3.45. The van der Waals surface area contributed by atoms with Crippen molar-refractivity contribution in [3.8, 4) is 0 Å². The number of benzene rings is 1. The van der Waals surface area contributed by atoms with Gasteiger partial charge in [0.05, 0.1) is 10.7 Å². The van der Waals surface area contributed by atoms with Gasteiger partial charge in [0.2, 0.25) is 0 Å². The minimum atomic E-state index is -0.421. The van der Waals surface area contributed by atoms with Gasteiger partial charge in [-0.15, -0.1) is 0 Å². The van der Waals surface area contributed by atoms with E-state index in [1.165, 1.54) is 19.3 Å². The van der Waals surface area contributed by atoms with Gasteiger partial charge in [-0.05, 0) is 55.2 Å². The van der Waals surface area contributed by atoms with Crippen molar-refractivity contribution in [3.63, 3.8) is 0 Å². The highest BCUT2D eigenvalue weighted by atomic mass is 35.5. The lowest BCUT2D eigenvalue weighted by molar-refractivity contribution is -0.148. The number of hydrogen-bond acceptors (Lipinski definition) is 3. The number of nitrogens with one attached hydrogen (secondary N) is 1. The number of ether oxygens (including phenoxy) is 1. The molecule has 0 spiro atoms. The average molecular weight is 356 g/mol. The molecule has 6 heteroatoms. The highest BCUT2D eigenvalue weighted by Gasteiger charge is 2.40. The summed E-state index contributed by atoms with van der Waals surface area (Å²) in [6.45, 7) is -0.303. The number of hydrogen-bond donors (Lipinski definition) is 1. The summed E-state index contributed by atoms with van der Waals surface area (Å²) in [5.74, 6) is 1.19. The fourth-order valence-corrected chi connectivity index (χ4v) is 4.16. The molecule has 0 heterocycles. The summed E-state index contributed by atoms with van der Waals surface area (Å²) in [5.41, 5.74) is 0.410. The van der Waals surface area contributed by atoms with E-state index in [1.54, 1.807) is 18.2 Å². The first kappa shape index (κ1) is 16.6. The molecule has 2 bridgehead atoms. The fourth-order valence-electron chi connectivity index (χ4n) is 3.83. The number of amides is 1. The Bertz CT molecular complexity index is 620. The van der Waals surface area contributed by atoms with Crippen LogP contribution < -0.4 is 5.32 Å². The Morgan fingerprint density at radius 2 is 2.04 bits per heavy atom. The summed E-state index contributed by atoms with van der Waals surface area (Å²) < 4.78 is 5.09. The van der Waals surface area contributed by atoms with Gasteiger partial charge in [-0.2, -0.15) is 0 Å². The van der Waals surface area contributed by atoms with E-state index in [1.807, 2.05) is 0 Å². The molecule has 1 amide bonds.